The lowest BCUT2D eigenvalue weighted by Gasteiger charge is -2.18. The van der Waals surface area contributed by atoms with Crippen molar-refractivity contribution in [2.24, 2.45) is 10.6 Å². The quantitative estimate of drug-likeness (QED) is 0.485. The van der Waals surface area contributed by atoms with E-state index in [1.165, 1.54) is 0 Å². The second-order valence-corrected chi connectivity index (χ2v) is 5.58. The molecule has 1 aromatic carbocycles. The Bertz CT molecular complexity index is 388. The maximum Gasteiger partial charge on any atom is 0.119 e. The molecule has 0 aliphatic heterocycles. The van der Waals surface area contributed by atoms with Crippen molar-refractivity contribution in [2.75, 3.05) is 6.61 Å². The van der Waals surface area contributed by atoms with Gasteiger partial charge in [0.25, 0.3) is 0 Å². The molecular weight excluding hydrogens is 226 g/mol. The molecule has 0 aliphatic carbocycles. The summed E-state index contributed by atoms with van der Waals surface area (Å²) in [6.07, 6.45) is 1.73. The van der Waals surface area contributed by atoms with Crippen LogP contribution in [0.25, 0.3) is 0 Å². The summed E-state index contributed by atoms with van der Waals surface area (Å²) in [6.45, 7) is 9.28. The van der Waals surface area contributed by atoms with Crippen LogP contribution in [0.3, 0.4) is 0 Å². The van der Waals surface area contributed by atoms with E-state index in [9.17, 15) is 0 Å². The fourth-order valence-electron chi connectivity index (χ4n) is 1.55. The van der Waals surface area contributed by atoms with Crippen molar-refractivity contribution in [1.29, 1.82) is 0 Å². The Balaban J connectivity index is 2.56. The second-order valence-electron chi connectivity index (χ2n) is 5.58. The standard InChI is InChI=1S/C15H23NO2/c1-5-14(16-17)12-6-8-13(9-7-12)18-11-10-15(2,3)4/h6-9,17H,5,10-11H2,1-4H3. The average Bonchev–Trinajstić information content (AvgIpc) is 2.31. The third-order valence-electron chi connectivity index (χ3n) is 2.76. The van der Waals surface area contributed by atoms with E-state index in [0.29, 0.717) is 17.5 Å². The fraction of sp³-hybridized carbons (Fsp3) is 0.533. The van der Waals surface area contributed by atoms with Gasteiger partial charge in [-0.1, -0.05) is 32.9 Å². The highest BCUT2D eigenvalue weighted by molar-refractivity contribution is 6.00. The number of rotatable bonds is 5. The molecule has 0 atom stereocenters. The zero-order chi connectivity index (χ0) is 13.6. The minimum Gasteiger partial charge on any atom is -0.494 e. The van der Waals surface area contributed by atoms with Crippen molar-refractivity contribution >= 4 is 5.71 Å². The Labute approximate surface area is 109 Å². The minimum absolute atomic E-state index is 0.291. The molecule has 3 heteroatoms. The molecule has 0 bridgehead atoms. The summed E-state index contributed by atoms with van der Waals surface area (Å²) >= 11 is 0. The van der Waals surface area contributed by atoms with Gasteiger partial charge in [-0.15, -0.1) is 0 Å². The van der Waals surface area contributed by atoms with Crippen LogP contribution in [0.5, 0.6) is 5.75 Å². The molecule has 0 aliphatic rings. The molecule has 0 aromatic heterocycles. The molecule has 0 spiro atoms. The van der Waals surface area contributed by atoms with Crippen LogP contribution in [0.15, 0.2) is 29.4 Å². The molecule has 0 amide bonds. The van der Waals surface area contributed by atoms with Crippen LogP contribution in [0.1, 0.15) is 46.1 Å². The van der Waals surface area contributed by atoms with E-state index < -0.39 is 0 Å². The van der Waals surface area contributed by atoms with Crippen LogP contribution >= 0.6 is 0 Å². The van der Waals surface area contributed by atoms with Gasteiger partial charge in [0.05, 0.1) is 12.3 Å². The number of ether oxygens (including phenoxy) is 1. The van der Waals surface area contributed by atoms with Crippen LogP contribution in [0, 0.1) is 5.41 Å². The highest BCUT2D eigenvalue weighted by atomic mass is 16.5. The number of hydrogen-bond acceptors (Lipinski definition) is 3. The van der Waals surface area contributed by atoms with Crippen molar-refractivity contribution in [3.05, 3.63) is 29.8 Å². The van der Waals surface area contributed by atoms with Crippen molar-refractivity contribution in [3.63, 3.8) is 0 Å². The molecule has 0 unspecified atom stereocenters. The summed E-state index contributed by atoms with van der Waals surface area (Å²) in [4.78, 5) is 0. The van der Waals surface area contributed by atoms with E-state index >= 15 is 0 Å². The van der Waals surface area contributed by atoms with Crippen LogP contribution in [-0.4, -0.2) is 17.5 Å². The van der Waals surface area contributed by atoms with Gasteiger partial charge in [0.2, 0.25) is 0 Å². The lowest BCUT2D eigenvalue weighted by molar-refractivity contribution is 0.243. The zero-order valence-corrected chi connectivity index (χ0v) is 11.7. The number of nitrogens with zero attached hydrogens (tertiary/aromatic N) is 1. The monoisotopic (exact) mass is 249 g/mol. The SMILES string of the molecule is CCC(=NO)c1ccc(OCCC(C)(C)C)cc1. The number of oxime groups is 1. The molecule has 0 saturated heterocycles. The van der Waals surface area contributed by atoms with Gasteiger partial charge in [0, 0.05) is 0 Å². The molecule has 1 rings (SSSR count). The van der Waals surface area contributed by atoms with Gasteiger partial charge in [0.1, 0.15) is 5.75 Å². The van der Waals surface area contributed by atoms with Crippen molar-refractivity contribution in [2.45, 2.75) is 40.5 Å². The van der Waals surface area contributed by atoms with E-state index in [-0.39, 0.29) is 0 Å². The largest absolute Gasteiger partial charge is 0.494 e. The third kappa shape index (κ3) is 4.78. The van der Waals surface area contributed by atoms with E-state index in [2.05, 4.69) is 25.9 Å². The normalized spacial score (nSPS) is 12.6. The lowest BCUT2D eigenvalue weighted by Crippen LogP contribution is -2.11. The summed E-state index contributed by atoms with van der Waals surface area (Å²) in [6, 6.07) is 7.67. The van der Waals surface area contributed by atoms with Crippen molar-refractivity contribution in [1.82, 2.24) is 0 Å². The third-order valence-corrected chi connectivity index (χ3v) is 2.76. The van der Waals surface area contributed by atoms with Gasteiger partial charge < -0.3 is 9.94 Å². The lowest BCUT2D eigenvalue weighted by atomic mass is 9.93. The Morgan fingerprint density at radius 1 is 1.22 bits per heavy atom. The molecule has 100 valence electrons. The van der Waals surface area contributed by atoms with Gasteiger partial charge in [0.15, 0.2) is 0 Å². The predicted octanol–water partition coefficient (Wildman–Crippen LogP) is 4.09. The zero-order valence-electron chi connectivity index (χ0n) is 11.7. The molecule has 0 saturated carbocycles. The van der Waals surface area contributed by atoms with Crippen LogP contribution in [-0.2, 0) is 0 Å². The first-order valence-electron chi connectivity index (χ1n) is 6.40. The molecule has 3 nitrogen and oxygen atoms in total. The van der Waals surface area contributed by atoms with E-state index in [1.807, 2.05) is 31.2 Å². The topological polar surface area (TPSA) is 41.8 Å². The fourth-order valence-corrected chi connectivity index (χ4v) is 1.55. The first-order valence-corrected chi connectivity index (χ1v) is 6.40. The average molecular weight is 249 g/mol. The molecule has 1 N–H and O–H groups in total. The van der Waals surface area contributed by atoms with Gasteiger partial charge in [-0.05, 0) is 48.1 Å². The first kappa shape index (κ1) is 14.6. The highest BCUT2D eigenvalue weighted by Gasteiger charge is 2.10. The highest BCUT2D eigenvalue weighted by Crippen LogP contribution is 2.20. The van der Waals surface area contributed by atoms with E-state index in [0.717, 1.165) is 24.3 Å². The van der Waals surface area contributed by atoms with Crippen molar-refractivity contribution in [3.8, 4) is 5.75 Å². The van der Waals surface area contributed by atoms with Gasteiger partial charge in [-0.25, -0.2) is 0 Å². The predicted molar refractivity (Wildman–Crippen MR) is 74.6 cm³/mol. The number of hydrogen-bond donors (Lipinski definition) is 1. The van der Waals surface area contributed by atoms with Gasteiger partial charge >= 0.3 is 0 Å². The molecule has 0 fully saturated rings. The Kier molecular flexibility index (Phi) is 5.20. The Hall–Kier alpha value is -1.51. The molecule has 0 radical (unpaired) electrons. The Morgan fingerprint density at radius 3 is 2.28 bits per heavy atom. The molecule has 18 heavy (non-hydrogen) atoms. The maximum absolute atomic E-state index is 8.84. The first-order chi connectivity index (χ1) is 8.46. The second kappa shape index (κ2) is 6.43. The number of benzene rings is 1. The smallest absolute Gasteiger partial charge is 0.119 e. The van der Waals surface area contributed by atoms with Crippen molar-refractivity contribution < 1.29 is 9.94 Å². The van der Waals surface area contributed by atoms with Gasteiger partial charge in [-0.3, -0.25) is 0 Å². The van der Waals surface area contributed by atoms with Crippen LogP contribution < -0.4 is 4.74 Å². The summed E-state index contributed by atoms with van der Waals surface area (Å²) in [5.41, 5.74) is 1.91. The van der Waals surface area contributed by atoms with E-state index in [1.54, 1.807) is 0 Å². The van der Waals surface area contributed by atoms with Crippen LogP contribution in [0.2, 0.25) is 0 Å². The molecule has 1 aromatic rings. The summed E-state index contributed by atoms with van der Waals surface area (Å²) in [7, 11) is 0. The Morgan fingerprint density at radius 2 is 1.83 bits per heavy atom. The van der Waals surface area contributed by atoms with Gasteiger partial charge in [-0.2, -0.15) is 0 Å². The summed E-state index contributed by atoms with van der Waals surface area (Å²) in [5.74, 6) is 0.858. The van der Waals surface area contributed by atoms with Crippen LogP contribution in [0.4, 0.5) is 0 Å². The molecular formula is C15H23NO2. The summed E-state index contributed by atoms with van der Waals surface area (Å²) in [5, 5.41) is 12.1. The maximum atomic E-state index is 8.84. The summed E-state index contributed by atoms with van der Waals surface area (Å²) < 4.78 is 5.68. The molecule has 0 heterocycles. The minimum atomic E-state index is 0.291. The van der Waals surface area contributed by atoms with E-state index in [4.69, 9.17) is 9.94 Å².